The lowest BCUT2D eigenvalue weighted by Crippen LogP contribution is -2.41. The Morgan fingerprint density at radius 3 is 2.41 bits per heavy atom. The zero-order chi connectivity index (χ0) is 18.9. The molecule has 27 heavy (non-hydrogen) atoms. The normalized spacial score (nSPS) is 13.3. The molecule has 0 spiro atoms. The van der Waals surface area contributed by atoms with Crippen LogP contribution in [-0.4, -0.2) is 56.4 Å². The summed E-state index contributed by atoms with van der Waals surface area (Å²) in [5, 5.41) is 6.77. The van der Waals surface area contributed by atoms with E-state index in [-0.39, 0.29) is 24.0 Å². The second-order valence-electron chi connectivity index (χ2n) is 7.14. The number of rotatable bonds is 9. The van der Waals surface area contributed by atoms with Gasteiger partial charge in [0.2, 0.25) is 6.79 Å². The van der Waals surface area contributed by atoms with Gasteiger partial charge in [-0.3, -0.25) is 9.89 Å². The van der Waals surface area contributed by atoms with Crippen LogP contribution in [0.2, 0.25) is 0 Å². The van der Waals surface area contributed by atoms with Crippen LogP contribution < -0.4 is 20.1 Å². The molecule has 1 aliphatic rings. The molecule has 7 heteroatoms. The fraction of sp³-hybridized carbons (Fsp3) is 0.650. The summed E-state index contributed by atoms with van der Waals surface area (Å²) in [4.78, 5) is 6.81. The summed E-state index contributed by atoms with van der Waals surface area (Å²) in [6.45, 7) is 12.2. The Labute approximate surface area is 181 Å². The first kappa shape index (κ1) is 23.8. The molecule has 1 aliphatic heterocycles. The van der Waals surface area contributed by atoms with Gasteiger partial charge in [0.15, 0.2) is 17.5 Å². The first-order chi connectivity index (χ1) is 12.5. The number of hydrogen-bond donors (Lipinski definition) is 2. The third-order valence-corrected chi connectivity index (χ3v) is 4.58. The second-order valence-corrected chi connectivity index (χ2v) is 7.14. The molecule has 154 valence electrons. The number of ether oxygens (including phenoxy) is 2. The van der Waals surface area contributed by atoms with Crippen LogP contribution in [-0.2, 0) is 6.42 Å². The number of halogens is 1. The molecule has 0 unspecified atom stereocenters. The topological polar surface area (TPSA) is 58.1 Å². The maximum atomic E-state index is 5.42. The second kappa shape index (κ2) is 12.3. The van der Waals surface area contributed by atoms with Crippen LogP contribution in [0.3, 0.4) is 0 Å². The van der Waals surface area contributed by atoms with Crippen molar-refractivity contribution in [3.63, 3.8) is 0 Å². The quantitative estimate of drug-likeness (QED) is 0.241. The minimum atomic E-state index is 0. The van der Waals surface area contributed by atoms with E-state index in [4.69, 9.17) is 9.47 Å². The van der Waals surface area contributed by atoms with Gasteiger partial charge in [-0.25, -0.2) is 0 Å². The van der Waals surface area contributed by atoms with Gasteiger partial charge in [-0.1, -0.05) is 6.07 Å². The van der Waals surface area contributed by atoms with Crippen molar-refractivity contribution >= 4 is 29.9 Å². The third kappa shape index (κ3) is 7.73. The Morgan fingerprint density at radius 2 is 1.74 bits per heavy atom. The maximum Gasteiger partial charge on any atom is 0.231 e. The minimum absolute atomic E-state index is 0. The van der Waals surface area contributed by atoms with Crippen LogP contribution in [0, 0.1) is 0 Å². The molecular formula is C20H35IN4O2. The van der Waals surface area contributed by atoms with Gasteiger partial charge in [-0.05, 0) is 58.2 Å². The van der Waals surface area contributed by atoms with Crippen LogP contribution in [0.1, 0.15) is 39.7 Å². The lowest BCUT2D eigenvalue weighted by molar-refractivity contribution is 0.173. The predicted molar refractivity (Wildman–Crippen MR) is 123 cm³/mol. The molecule has 0 atom stereocenters. The molecule has 2 N–H and O–H groups in total. The van der Waals surface area contributed by atoms with Gasteiger partial charge in [-0.15, -0.1) is 24.0 Å². The molecule has 1 aromatic rings. The van der Waals surface area contributed by atoms with Gasteiger partial charge in [-0.2, -0.15) is 0 Å². The first-order valence-corrected chi connectivity index (χ1v) is 9.60. The third-order valence-electron chi connectivity index (χ3n) is 4.58. The highest BCUT2D eigenvalue weighted by Gasteiger charge is 2.13. The van der Waals surface area contributed by atoms with Crippen molar-refractivity contribution in [1.29, 1.82) is 0 Å². The van der Waals surface area contributed by atoms with Gasteiger partial charge >= 0.3 is 0 Å². The van der Waals surface area contributed by atoms with E-state index in [1.54, 1.807) is 0 Å². The summed E-state index contributed by atoms with van der Waals surface area (Å²) in [6.07, 6.45) is 2.00. The smallest absolute Gasteiger partial charge is 0.231 e. The number of benzene rings is 1. The van der Waals surface area contributed by atoms with Crippen LogP contribution in [0.15, 0.2) is 23.2 Å². The minimum Gasteiger partial charge on any atom is -0.454 e. The highest BCUT2D eigenvalue weighted by Crippen LogP contribution is 2.32. The average Bonchev–Trinajstić information content (AvgIpc) is 3.07. The lowest BCUT2D eigenvalue weighted by Gasteiger charge is -2.30. The fourth-order valence-electron chi connectivity index (χ4n) is 3.22. The Bertz CT molecular complexity index is 585. The molecule has 0 fully saturated rings. The van der Waals surface area contributed by atoms with E-state index in [9.17, 15) is 0 Å². The van der Waals surface area contributed by atoms with Crippen molar-refractivity contribution in [3.05, 3.63) is 23.8 Å². The Kier molecular flexibility index (Phi) is 10.8. The van der Waals surface area contributed by atoms with Gasteiger partial charge in [0.05, 0.1) is 0 Å². The average molecular weight is 490 g/mol. The fourth-order valence-corrected chi connectivity index (χ4v) is 3.22. The van der Waals surface area contributed by atoms with Gasteiger partial charge < -0.3 is 20.1 Å². The molecule has 1 aromatic carbocycles. The molecule has 0 saturated carbocycles. The first-order valence-electron chi connectivity index (χ1n) is 9.60. The Hall–Kier alpha value is -1.22. The zero-order valence-corrected chi connectivity index (χ0v) is 19.6. The number of nitrogens with zero attached hydrogens (tertiary/aromatic N) is 2. The molecular weight excluding hydrogens is 455 g/mol. The molecule has 0 radical (unpaired) electrons. The van der Waals surface area contributed by atoms with Crippen LogP contribution in [0.4, 0.5) is 0 Å². The molecule has 0 aliphatic carbocycles. The highest BCUT2D eigenvalue weighted by atomic mass is 127. The van der Waals surface area contributed by atoms with Crippen molar-refractivity contribution in [2.24, 2.45) is 4.99 Å². The van der Waals surface area contributed by atoms with Gasteiger partial charge in [0, 0.05) is 38.8 Å². The van der Waals surface area contributed by atoms with Crippen LogP contribution in [0.25, 0.3) is 0 Å². The van der Waals surface area contributed by atoms with Crippen LogP contribution in [0.5, 0.6) is 11.5 Å². The largest absolute Gasteiger partial charge is 0.454 e. The van der Waals surface area contributed by atoms with Gasteiger partial charge in [0.1, 0.15) is 0 Å². The number of hydrogen-bond acceptors (Lipinski definition) is 4. The molecule has 0 aromatic heterocycles. The Morgan fingerprint density at radius 1 is 1.07 bits per heavy atom. The summed E-state index contributed by atoms with van der Waals surface area (Å²) in [7, 11) is 1.81. The van der Waals surface area contributed by atoms with Crippen molar-refractivity contribution in [1.82, 2.24) is 15.5 Å². The molecule has 0 amide bonds. The van der Waals surface area contributed by atoms with E-state index in [1.807, 2.05) is 19.2 Å². The lowest BCUT2D eigenvalue weighted by atomic mass is 10.1. The van der Waals surface area contributed by atoms with E-state index in [2.05, 4.69) is 54.3 Å². The summed E-state index contributed by atoms with van der Waals surface area (Å²) >= 11 is 0. The number of fused-ring (bicyclic) bond motifs is 1. The standard InChI is InChI=1S/C20H34N4O2.HI/c1-15(2)24(16(3)4)12-6-10-22-20(21-5)23-11-9-17-7-8-18-19(13-17)26-14-25-18;/h7-8,13,15-16H,6,9-12,14H2,1-5H3,(H2,21,22,23);1H. The molecule has 0 bridgehead atoms. The highest BCUT2D eigenvalue weighted by molar-refractivity contribution is 14.0. The maximum absolute atomic E-state index is 5.42. The summed E-state index contributed by atoms with van der Waals surface area (Å²) in [6, 6.07) is 7.26. The van der Waals surface area contributed by atoms with E-state index >= 15 is 0 Å². The predicted octanol–water partition coefficient (Wildman–Crippen LogP) is 3.25. The summed E-state index contributed by atoms with van der Waals surface area (Å²) in [5.74, 6) is 2.52. The summed E-state index contributed by atoms with van der Waals surface area (Å²) in [5.41, 5.74) is 1.22. The monoisotopic (exact) mass is 490 g/mol. The molecule has 1 heterocycles. The van der Waals surface area contributed by atoms with Crippen molar-refractivity contribution < 1.29 is 9.47 Å². The number of nitrogens with one attached hydrogen (secondary N) is 2. The zero-order valence-electron chi connectivity index (χ0n) is 17.2. The van der Waals surface area contributed by atoms with E-state index < -0.39 is 0 Å². The number of aliphatic imine (C=N–C) groups is 1. The van der Waals surface area contributed by atoms with Crippen molar-refractivity contribution in [2.75, 3.05) is 33.5 Å². The van der Waals surface area contributed by atoms with Crippen molar-refractivity contribution in [2.45, 2.75) is 52.6 Å². The van der Waals surface area contributed by atoms with E-state index in [0.717, 1.165) is 49.9 Å². The SMILES string of the molecule is CN=C(NCCCN(C(C)C)C(C)C)NCCc1ccc2c(c1)OCO2.I. The van der Waals surface area contributed by atoms with E-state index in [1.165, 1.54) is 5.56 Å². The van der Waals surface area contributed by atoms with Crippen LogP contribution >= 0.6 is 24.0 Å². The van der Waals surface area contributed by atoms with Gasteiger partial charge in [0.25, 0.3) is 0 Å². The summed E-state index contributed by atoms with van der Waals surface area (Å²) < 4.78 is 10.8. The van der Waals surface area contributed by atoms with E-state index in [0.29, 0.717) is 18.9 Å². The Balaban J connectivity index is 0.00000364. The van der Waals surface area contributed by atoms with Crippen molar-refractivity contribution in [3.8, 4) is 11.5 Å². The molecule has 6 nitrogen and oxygen atoms in total. The molecule has 2 rings (SSSR count). The molecule has 0 saturated heterocycles. The number of guanidine groups is 1.